The van der Waals surface area contributed by atoms with Crippen LogP contribution in [0.25, 0.3) is 22.1 Å². The van der Waals surface area contributed by atoms with Gasteiger partial charge in [0.25, 0.3) is 5.91 Å². The van der Waals surface area contributed by atoms with E-state index in [2.05, 4.69) is 99.6 Å². The van der Waals surface area contributed by atoms with E-state index in [-0.39, 0.29) is 12.0 Å². The fraction of sp³-hybridized carbons (Fsp3) is 0.394. The Bertz CT molecular complexity index is 1840. The van der Waals surface area contributed by atoms with E-state index in [0.717, 1.165) is 19.4 Å². The van der Waals surface area contributed by atoms with E-state index in [9.17, 15) is 15.0 Å². The molecule has 4 N–H and O–H groups in total. The van der Waals surface area contributed by atoms with E-state index >= 15 is 0 Å². The van der Waals surface area contributed by atoms with E-state index in [1.54, 1.807) is 4.57 Å². The largest absolute Gasteiger partial charge is 0.387 e. The molecule has 1 aliphatic carbocycles. The molecular weight excluding hydrogens is 558 g/mol. The van der Waals surface area contributed by atoms with Crippen molar-refractivity contribution < 1.29 is 19.7 Å². The molecule has 0 spiro atoms. The predicted octanol–water partition coefficient (Wildman–Crippen LogP) is 3.56. The number of hydrogen-bond donors (Lipinski definition) is 4. The maximum atomic E-state index is 12.6. The fourth-order valence-corrected chi connectivity index (χ4v) is 6.10. The van der Waals surface area contributed by atoms with Crippen LogP contribution >= 0.6 is 0 Å². The van der Waals surface area contributed by atoms with Crippen LogP contribution < -0.4 is 10.6 Å². The molecule has 2 aliphatic rings. The molecule has 0 radical (unpaired) electrons. The van der Waals surface area contributed by atoms with E-state index < -0.39 is 30.4 Å². The van der Waals surface area contributed by atoms with Gasteiger partial charge in [0.2, 0.25) is 0 Å². The molecule has 2 fully saturated rings. The maximum Gasteiger partial charge on any atom is 0.252 e. The molecular formula is C33H37N7O4. The molecule has 7 rings (SSSR count). The number of para-hydroxylation sites is 1. The molecule has 5 atom stereocenters. The number of rotatable bonds is 9. The van der Waals surface area contributed by atoms with Gasteiger partial charge in [-0.3, -0.25) is 9.36 Å². The Morgan fingerprint density at radius 3 is 2.73 bits per heavy atom. The van der Waals surface area contributed by atoms with Crippen LogP contribution in [0.4, 0.5) is 5.82 Å². The summed E-state index contributed by atoms with van der Waals surface area (Å²) < 4.78 is 9.73. The van der Waals surface area contributed by atoms with Gasteiger partial charge in [0.15, 0.2) is 29.3 Å². The molecule has 44 heavy (non-hydrogen) atoms. The number of aryl methyl sites for hydroxylation is 2. The van der Waals surface area contributed by atoms with Crippen molar-refractivity contribution in [1.82, 2.24) is 29.4 Å². The zero-order valence-corrected chi connectivity index (χ0v) is 25.0. The van der Waals surface area contributed by atoms with Crippen LogP contribution in [0.3, 0.4) is 0 Å². The van der Waals surface area contributed by atoms with E-state index in [1.165, 1.54) is 45.8 Å². The highest BCUT2D eigenvalue weighted by molar-refractivity contribution is 5.86. The third-order valence-electron chi connectivity index (χ3n) is 8.82. The monoisotopic (exact) mass is 595 g/mol. The number of imidazole rings is 1. The Labute approximate surface area is 254 Å². The summed E-state index contributed by atoms with van der Waals surface area (Å²) in [6, 6.07) is 15.2. The number of benzene rings is 2. The van der Waals surface area contributed by atoms with Gasteiger partial charge in [0.1, 0.15) is 18.5 Å². The lowest BCUT2D eigenvalue weighted by Gasteiger charge is -2.17. The average Bonchev–Trinajstić information content (AvgIpc) is 3.49. The lowest BCUT2D eigenvalue weighted by molar-refractivity contribution is -0.137. The van der Waals surface area contributed by atoms with Crippen LogP contribution in [0.15, 0.2) is 61.3 Å². The van der Waals surface area contributed by atoms with Crippen LogP contribution in [0.2, 0.25) is 0 Å². The summed E-state index contributed by atoms with van der Waals surface area (Å²) >= 11 is 0. The molecule has 5 aromatic rings. The SMILES string of the molecule is Cc1ccc(C)c(Cn2cc(C(C)CNc3ncnc4c3ncn4C3OC(C(=O)NC4CC4)C(O)C3O)c3ccccc32)c1. The zero-order valence-electron chi connectivity index (χ0n) is 25.0. The third kappa shape index (κ3) is 5.21. The number of nitrogens with zero attached hydrogens (tertiary/aromatic N) is 5. The van der Waals surface area contributed by atoms with Crippen molar-refractivity contribution in [2.45, 2.75) is 76.7 Å². The summed E-state index contributed by atoms with van der Waals surface area (Å²) in [7, 11) is 0. The second kappa shape index (κ2) is 11.3. The Balaban J connectivity index is 1.10. The van der Waals surface area contributed by atoms with Gasteiger partial charge in [0, 0.05) is 42.1 Å². The minimum absolute atomic E-state index is 0.112. The summed E-state index contributed by atoms with van der Waals surface area (Å²) in [5.74, 6) is 0.274. The smallest absolute Gasteiger partial charge is 0.252 e. The van der Waals surface area contributed by atoms with Crippen molar-refractivity contribution in [2.75, 3.05) is 11.9 Å². The number of ether oxygens (including phenoxy) is 1. The summed E-state index contributed by atoms with van der Waals surface area (Å²) in [6.07, 6.45) is 2.11. The maximum absolute atomic E-state index is 12.6. The molecule has 1 amide bonds. The molecule has 2 aromatic carbocycles. The van der Waals surface area contributed by atoms with Crippen LogP contribution in [-0.4, -0.2) is 71.1 Å². The molecule has 11 nitrogen and oxygen atoms in total. The number of aliphatic hydroxyl groups excluding tert-OH is 2. The normalized spacial score (nSPS) is 22.5. The zero-order chi connectivity index (χ0) is 30.5. The number of carbonyl (C=O) groups is 1. The predicted molar refractivity (Wildman–Crippen MR) is 166 cm³/mol. The second-order valence-electron chi connectivity index (χ2n) is 12.2. The van der Waals surface area contributed by atoms with Crippen molar-refractivity contribution in [3.8, 4) is 0 Å². The van der Waals surface area contributed by atoms with Gasteiger partial charge in [-0.1, -0.05) is 48.9 Å². The molecule has 1 aliphatic heterocycles. The van der Waals surface area contributed by atoms with E-state index in [4.69, 9.17) is 4.74 Å². The number of anilines is 1. The van der Waals surface area contributed by atoms with Gasteiger partial charge in [-0.2, -0.15) is 0 Å². The molecule has 228 valence electrons. The first-order chi connectivity index (χ1) is 21.3. The highest BCUT2D eigenvalue weighted by Crippen LogP contribution is 2.34. The van der Waals surface area contributed by atoms with Gasteiger partial charge < -0.3 is 30.2 Å². The minimum Gasteiger partial charge on any atom is -0.387 e. The fourth-order valence-electron chi connectivity index (χ4n) is 6.10. The quantitative estimate of drug-likeness (QED) is 0.203. The number of aliphatic hydroxyl groups is 2. The van der Waals surface area contributed by atoms with Gasteiger partial charge in [-0.15, -0.1) is 0 Å². The highest BCUT2D eigenvalue weighted by Gasteiger charge is 2.48. The average molecular weight is 596 g/mol. The summed E-state index contributed by atoms with van der Waals surface area (Å²) in [5.41, 5.74) is 7.20. The topological polar surface area (TPSA) is 139 Å². The number of hydrogen-bond acceptors (Lipinski definition) is 8. The van der Waals surface area contributed by atoms with E-state index in [1.807, 2.05) is 0 Å². The number of amides is 1. The molecule has 4 heterocycles. The van der Waals surface area contributed by atoms with Gasteiger partial charge in [-0.25, -0.2) is 15.0 Å². The summed E-state index contributed by atoms with van der Waals surface area (Å²) in [5, 5.41) is 28.9. The lowest BCUT2D eigenvalue weighted by Crippen LogP contribution is -2.43. The van der Waals surface area contributed by atoms with Crippen molar-refractivity contribution in [3.05, 3.63) is 83.6 Å². The molecule has 5 unspecified atom stereocenters. The second-order valence-corrected chi connectivity index (χ2v) is 12.2. The summed E-state index contributed by atoms with van der Waals surface area (Å²) in [6.45, 7) is 7.86. The number of carbonyl (C=O) groups excluding carboxylic acids is 1. The molecule has 1 saturated carbocycles. The van der Waals surface area contributed by atoms with Crippen molar-refractivity contribution in [2.24, 2.45) is 0 Å². The van der Waals surface area contributed by atoms with Gasteiger partial charge in [0.05, 0.1) is 6.33 Å². The number of nitrogens with one attached hydrogen (secondary N) is 2. The molecule has 3 aromatic heterocycles. The molecule has 1 saturated heterocycles. The number of fused-ring (bicyclic) bond motifs is 2. The first kappa shape index (κ1) is 28.5. The van der Waals surface area contributed by atoms with Crippen molar-refractivity contribution in [1.29, 1.82) is 0 Å². The summed E-state index contributed by atoms with van der Waals surface area (Å²) in [4.78, 5) is 25.9. The lowest BCUT2D eigenvalue weighted by atomic mass is 10.0. The Hall–Kier alpha value is -4.32. The first-order valence-corrected chi connectivity index (χ1v) is 15.2. The van der Waals surface area contributed by atoms with Crippen LogP contribution in [0.1, 0.15) is 54.2 Å². The number of aromatic nitrogens is 5. The van der Waals surface area contributed by atoms with E-state index in [0.29, 0.717) is 23.5 Å². The molecule has 0 bridgehead atoms. The van der Waals surface area contributed by atoms with Crippen molar-refractivity contribution in [3.63, 3.8) is 0 Å². The standard InChI is InChI=1S/C33H37N7O4/c1-18-8-9-19(2)21(12-18)14-39-15-24(23-6-4-5-7-25(23)39)20(3)13-34-30-26-31(36-16-35-30)40(17-37-26)33-28(42)27(41)29(44-33)32(43)38-22-10-11-22/h4-9,12,15-17,20,22,27-29,33,41-42H,10-11,13-14H2,1-3H3,(H,38,43)(H,34,35,36). The Kier molecular flexibility index (Phi) is 7.31. The van der Waals surface area contributed by atoms with Crippen molar-refractivity contribution >= 4 is 33.8 Å². The Morgan fingerprint density at radius 1 is 1.09 bits per heavy atom. The first-order valence-electron chi connectivity index (χ1n) is 15.2. The van der Waals surface area contributed by atoms with Crippen LogP contribution in [0.5, 0.6) is 0 Å². The minimum atomic E-state index is -1.37. The molecule has 11 heteroatoms. The van der Waals surface area contributed by atoms with Crippen LogP contribution in [-0.2, 0) is 16.1 Å². The third-order valence-corrected chi connectivity index (χ3v) is 8.82. The highest BCUT2D eigenvalue weighted by atomic mass is 16.6. The Morgan fingerprint density at radius 2 is 1.91 bits per heavy atom. The van der Waals surface area contributed by atoms with Gasteiger partial charge in [-0.05, 0) is 49.4 Å². The van der Waals surface area contributed by atoms with Gasteiger partial charge >= 0.3 is 0 Å². The van der Waals surface area contributed by atoms with Crippen LogP contribution in [0, 0.1) is 13.8 Å².